The van der Waals surface area contributed by atoms with Gasteiger partial charge in [-0.1, -0.05) is 23.2 Å². The van der Waals surface area contributed by atoms with Crippen molar-refractivity contribution in [1.82, 2.24) is 0 Å². The molecule has 1 aromatic heterocycles. The number of benzene rings is 2. The molecular weight excluding hydrogens is 377 g/mol. The number of rotatable bonds is 3. The molecule has 5 nitrogen and oxygen atoms in total. The van der Waals surface area contributed by atoms with E-state index in [1.165, 1.54) is 6.07 Å². The molecule has 26 heavy (non-hydrogen) atoms. The highest BCUT2D eigenvalue weighted by Gasteiger charge is 2.18. The van der Waals surface area contributed by atoms with E-state index in [0.29, 0.717) is 26.7 Å². The molecule has 0 aliphatic carbocycles. The maximum Gasteiger partial charge on any atom is 0.340 e. The Labute approximate surface area is 159 Å². The SMILES string of the molecule is Cc1cc(O)c2c(C)c(CC(=O)Nc3ccc(Cl)cc3Cl)c(=O)oc2c1. The summed E-state index contributed by atoms with van der Waals surface area (Å²) in [6.45, 7) is 3.46. The lowest BCUT2D eigenvalue weighted by molar-refractivity contribution is -0.115. The zero-order valence-electron chi connectivity index (χ0n) is 14.0. The van der Waals surface area contributed by atoms with Gasteiger partial charge in [-0.2, -0.15) is 0 Å². The van der Waals surface area contributed by atoms with Crippen molar-refractivity contribution < 1.29 is 14.3 Å². The Bertz CT molecular complexity index is 1090. The summed E-state index contributed by atoms with van der Waals surface area (Å²) in [5.41, 5.74) is 1.51. The minimum absolute atomic E-state index is 0.00338. The van der Waals surface area contributed by atoms with Crippen molar-refractivity contribution in [2.75, 3.05) is 5.32 Å². The topological polar surface area (TPSA) is 79.5 Å². The van der Waals surface area contributed by atoms with Gasteiger partial charge in [0.05, 0.1) is 28.1 Å². The van der Waals surface area contributed by atoms with E-state index in [4.69, 9.17) is 27.6 Å². The molecule has 0 saturated heterocycles. The first-order valence-electron chi connectivity index (χ1n) is 7.77. The lowest BCUT2D eigenvalue weighted by atomic mass is 10.0. The van der Waals surface area contributed by atoms with Crippen molar-refractivity contribution in [3.63, 3.8) is 0 Å². The number of aromatic hydroxyl groups is 1. The number of phenols is 1. The number of amides is 1. The standard InChI is InChI=1S/C19H15Cl2NO4/c1-9-5-15(23)18-10(2)12(19(25)26-16(18)6-9)8-17(24)22-14-4-3-11(20)7-13(14)21/h3-7,23H,8H2,1-2H3,(H,22,24). The molecule has 1 amide bonds. The first-order valence-corrected chi connectivity index (χ1v) is 8.52. The number of carbonyl (C=O) groups excluding carboxylic acids is 1. The fourth-order valence-corrected chi connectivity index (χ4v) is 3.26. The minimum Gasteiger partial charge on any atom is -0.507 e. The van der Waals surface area contributed by atoms with Crippen LogP contribution in [0.15, 0.2) is 39.5 Å². The van der Waals surface area contributed by atoms with Gasteiger partial charge < -0.3 is 14.8 Å². The number of anilines is 1. The molecule has 2 aromatic carbocycles. The first kappa shape index (κ1) is 18.3. The van der Waals surface area contributed by atoms with Crippen LogP contribution >= 0.6 is 23.2 Å². The number of hydrogen-bond donors (Lipinski definition) is 2. The van der Waals surface area contributed by atoms with Gasteiger partial charge in [0.15, 0.2) is 0 Å². The van der Waals surface area contributed by atoms with Gasteiger partial charge in [0, 0.05) is 5.02 Å². The van der Waals surface area contributed by atoms with Crippen molar-refractivity contribution in [1.29, 1.82) is 0 Å². The molecule has 3 aromatic rings. The fraction of sp³-hybridized carbons (Fsp3) is 0.158. The van der Waals surface area contributed by atoms with Gasteiger partial charge in [0.2, 0.25) is 5.91 Å². The molecule has 1 heterocycles. The third-order valence-electron chi connectivity index (χ3n) is 4.04. The van der Waals surface area contributed by atoms with Gasteiger partial charge in [-0.25, -0.2) is 4.79 Å². The summed E-state index contributed by atoms with van der Waals surface area (Å²) in [5, 5.41) is 14.0. The quantitative estimate of drug-likeness (QED) is 0.639. The van der Waals surface area contributed by atoms with Crippen LogP contribution < -0.4 is 10.9 Å². The van der Waals surface area contributed by atoms with Gasteiger partial charge in [-0.15, -0.1) is 0 Å². The average Bonchev–Trinajstić information content (AvgIpc) is 2.53. The molecule has 0 fully saturated rings. The molecule has 0 spiro atoms. The third-order valence-corrected chi connectivity index (χ3v) is 4.59. The summed E-state index contributed by atoms with van der Waals surface area (Å²) in [6, 6.07) is 7.92. The van der Waals surface area contributed by atoms with Gasteiger partial charge in [0.25, 0.3) is 0 Å². The Hall–Kier alpha value is -2.50. The van der Waals surface area contributed by atoms with E-state index in [-0.39, 0.29) is 23.3 Å². The molecule has 3 rings (SSSR count). The van der Waals surface area contributed by atoms with Crippen LogP contribution in [-0.4, -0.2) is 11.0 Å². The van der Waals surface area contributed by atoms with E-state index in [9.17, 15) is 14.7 Å². The number of nitrogens with one attached hydrogen (secondary N) is 1. The zero-order chi connectivity index (χ0) is 19.0. The Morgan fingerprint density at radius 3 is 2.62 bits per heavy atom. The number of halogens is 2. The van der Waals surface area contributed by atoms with E-state index < -0.39 is 11.5 Å². The van der Waals surface area contributed by atoms with E-state index in [1.807, 2.05) is 0 Å². The van der Waals surface area contributed by atoms with Crippen molar-refractivity contribution in [3.05, 3.63) is 67.5 Å². The summed E-state index contributed by atoms with van der Waals surface area (Å²) < 4.78 is 5.29. The van der Waals surface area contributed by atoms with Crippen LogP contribution in [0.25, 0.3) is 11.0 Å². The molecule has 0 radical (unpaired) electrons. The molecule has 134 valence electrons. The van der Waals surface area contributed by atoms with Crippen LogP contribution in [0, 0.1) is 13.8 Å². The number of fused-ring (bicyclic) bond motifs is 1. The normalized spacial score (nSPS) is 10.9. The Balaban J connectivity index is 1.95. The molecule has 0 bridgehead atoms. The van der Waals surface area contributed by atoms with Gasteiger partial charge >= 0.3 is 5.63 Å². The monoisotopic (exact) mass is 391 g/mol. The zero-order valence-corrected chi connectivity index (χ0v) is 15.5. The summed E-state index contributed by atoms with van der Waals surface area (Å²) in [6.07, 6.45) is -0.212. The summed E-state index contributed by atoms with van der Waals surface area (Å²) in [4.78, 5) is 24.7. The maximum absolute atomic E-state index is 12.4. The number of hydrogen-bond acceptors (Lipinski definition) is 4. The smallest absolute Gasteiger partial charge is 0.340 e. The Morgan fingerprint density at radius 1 is 1.19 bits per heavy atom. The van der Waals surface area contributed by atoms with Gasteiger partial charge in [0.1, 0.15) is 11.3 Å². The summed E-state index contributed by atoms with van der Waals surface area (Å²) in [7, 11) is 0. The van der Waals surface area contributed by atoms with Crippen molar-refractivity contribution >= 4 is 45.8 Å². The van der Waals surface area contributed by atoms with Crippen molar-refractivity contribution in [2.45, 2.75) is 20.3 Å². The second kappa shape index (κ2) is 7.02. The number of carbonyl (C=O) groups is 1. The largest absolute Gasteiger partial charge is 0.507 e. The van der Waals surface area contributed by atoms with E-state index in [1.54, 1.807) is 38.1 Å². The average molecular weight is 392 g/mol. The lowest BCUT2D eigenvalue weighted by Gasteiger charge is -2.11. The molecule has 0 aliphatic heterocycles. The molecule has 2 N–H and O–H groups in total. The maximum atomic E-state index is 12.4. The molecule has 0 atom stereocenters. The molecule has 0 aliphatic rings. The molecule has 7 heteroatoms. The lowest BCUT2D eigenvalue weighted by Crippen LogP contribution is -2.20. The Kier molecular flexibility index (Phi) is 4.94. The van der Waals surface area contributed by atoms with Crippen LogP contribution in [0.3, 0.4) is 0 Å². The van der Waals surface area contributed by atoms with Crippen molar-refractivity contribution in [3.8, 4) is 5.75 Å². The first-order chi connectivity index (χ1) is 12.3. The van der Waals surface area contributed by atoms with E-state index in [2.05, 4.69) is 5.32 Å². The second-order valence-corrected chi connectivity index (χ2v) is 6.84. The Morgan fingerprint density at radius 2 is 1.92 bits per heavy atom. The minimum atomic E-state index is -0.614. The highest BCUT2D eigenvalue weighted by atomic mass is 35.5. The molecule has 0 unspecified atom stereocenters. The summed E-state index contributed by atoms with van der Waals surface area (Å²) in [5.74, 6) is -0.431. The van der Waals surface area contributed by atoms with Crippen LogP contribution in [0.5, 0.6) is 5.75 Å². The van der Waals surface area contributed by atoms with Crippen LogP contribution in [0.1, 0.15) is 16.7 Å². The van der Waals surface area contributed by atoms with Crippen LogP contribution in [-0.2, 0) is 11.2 Å². The highest BCUT2D eigenvalue weighted by molar-refractivity contribution is 6.36. The van der Waals surface area contributed by atoms with Crippen molar-refractivity contribution in [2.24, 2.45) is 0 Å². The predicted octanol–water partition coefficient (Wildman–Crippen LogP) is 4.60. The number of aryl methyl sites for hydroxylation is 2. The predicted molar refractivity (Wildman–Crippen MR) is 102 cm³/mol. The van der Waals surface area contributed by atoms with Gasteiger partial charge in [-0.05, 0) is 55.3 Å². The van der Waals surface area contributed by atoms with Crippen LogP contribution in [0.2, 0.25) is 10.0 Å². The molecule has 0 saturated carbocycles. The van der Waals surface area contributed by atoms with E-state index >= 15 is 0 Å². The van der Waals surface area contributed by atoms with Gasteiger partial charge in [-0.3, -0.25) is 4.79 Å². The van der Waals surface area contributed by atoms with Crippen LogP contribution in [0.4, 0.5) is 5.69 Å². The molecular formula is C19H15Cl2NO4. The number of phenolic OH excluding ortho intramolecular Hbond substituents is 1. The third kappa shape index (κ3) is 3.54. The van der Waals surface area contributed by atoms with E-state index in [0.717, 1.165) is 5.56 Å². The summed E-state index contributed by atoms with van der Waals surface area (Å²) >= 11 is 11.9. The fourth-order valence-electron chi connectivity index (χ4n) is 2.81. The second-order valence-electron chi connectivity index (χ2n) is 6.00. The highest BCUT2D eigenvalue weighted by Crippen LogP contribution is 2.30.